The van der Waals surface area contributed by atoms with Gasteiger partial charge in [-0.25, -0.2) is 4.79 Å². The highest BCUT2D eigenvalue weighted by atomic mass is 35.5. The monoisotopic (exact) mass is 367 g/mol. The van der Waals surface area contributed by atoms with E-state index in [9.17, 15) is 9.59 Å². The summed E-state index contributed by atoms with van der Waals surface area (Å²) in [7, 11) is 0. The highest BCUT2D eigenvalue weighted by Gasteiger charge is 2.11. The van der Waals surface area contributed by atoms with Crippen molar-refractivity contribution in [2.24, 2.45) is 0 Å². The molecule has 1 amide bonds. The molecule has 24 heavy (non-hydrogen) atoms. The van der Waals surface area contributed by atoms with Crippen LogP contribution in [0.15, 0.2) is 42.5 Å². The van der Waals surface area contributed by atoms with Crippen LogP contribution in [0, 0.1) is 6.92 Å². The van der Waals surface area contributed by atoms with E-state index >= 15 is 0 Å². The second-order valence-electron chi connectivity index (χ2n) is 4.91. The summed E-state index contributed by atoms with van der Waals surface area (Å²) in [5, 5.41) is 3.34. The van der Waals surface area contributed by atoms with Crippen molar-refractivity contribution < 1.29 is 19.1 Å². The summed E-state index contributed by atoms with van der Waals surface area (Å²) in [6.45, 7) is 1.10. The zero-order valence-corrected chi connectivity index (χ0v) is 14.4. The topological polar surface area (TPSA) is 64.6 Å². The number of rotatable bonds is 6. The molecule has 7 heteroatoms. The molecule has 0 fully saturated rings. The average molecular weight is 368 g/mol. The summed E-state index contributed by atoms with van der Waals surface area (Å²) in [4.78, 5) is 23.4. The number of anilines is 1. The molecule has 2 aromatic carbocycles. The van der Waals surface area contributed by atoms with Crippen molar-refractivity contribution in [3.05, 3.63) is 58.1 Å². The van der Waals surface area contributed by atoms with Gasteiger partial charge in [-0.3, -0.25) is 4.79 Å². The van der Waals surface area contributed by atoms with Gasteiger partial charge >= 0.3 is 5.97 Å². The van der Waals surface area contributed by atoms with E-state index in [0.29, 0.717) is 21.5 Å². The van der Waals surface area contributed by atoms with Crippen LogP contribution in [-0.2, 0) is 14.3 Å². The van der Waals surface area contributed by atoms with Crippen LogP contribution in [0.3, 0.4) is 0 Å². The van der Waals surface area contributed by atoms with Crippen LogP contribution in [0.25, 0.3) is 0 Å². The third-order valence-electron chi connectivity index (χ3n) is 2.94. The minimum atomic E-state index is -0.679. The first-order valence-corrected chi connectivity index (χ1v) is 7.80. The molecule has 0 unspecified atom stereocenters. The molecule has 2 rings (SSSR count). The van der Waals surface area contributed by atoms with Crippen LogP contribution in [0.5, 0.6) is 5.75 Å². The molecule has 2 aromatic rings. The molecule has 0 aromatic heterocycles. The van der Waals surface area contributed by atoms with Crippen molar-refractivity contribution >= 4 is 40.8 Å². The molecule has 0 saturated carbocycles. The minimum absolute atomic E-state index is 0.345. The van der Waals surface area contributed by atoms with Crippen LogP contribution in [-0.4, -0.2) is 25.1 Å². The number of nitrogens with one attached hydrogen (secondary N) is 1. The predicted octanol–water partition coefficient (Wildman–Crippen LogP) is 3.86. The second-order valence-corrected chi connectivity index (χ2v) is 5.73. The van der Waals surface area contributed by atoms with Crippen LogP contribution in [0.1, 0.15) is 5.56 Å². The van der Waals surface area contributed by atoms with Gasteiger partial charge in [-0.05, 0) is 36.8 Å². The maximum Gasteiger partial charge on any atom is 0.344 e. The smallest absolute Gasteiger partial charge is 0.344 e. The van der Waals surface area contributed by atoms with Crippen molar-refractivity contribution in [2.45, 2.75) is 6.92 Å². The summed E-state index contributed by atoms with van der Waals surface area (Å²) in [5.74, 6) is -0.791. The molecule has 0 atom stereocenters. The maximum atomic E-state index is 11.7. The Morgan fingerprint density at radius 1 is 1.04 bits per heavy atom. The fourth-order valence-electron chi connectivity index (χ4n) is 1.79. The summed E-state index contributed by atoms with van der Waals surface area (Å²) in [5.41, 5.74) is 1.39. The van der Waals surface area contributed by atoms with Gasteiger partial charge in [-0.1, -0.05) is 41.4 Å². The zero-order valence-electron chi connectivity index (χ0n) is 12.8. The minimum Gasteiger partial charge on any atom is -0.480 e. The molecule has 0 radical (unpaired) electrons. The van der Waals surface area contributed by atoms with E-state index in [1.165, 1.54) is 0 Å². The number of aryl methyl sites for hydroxylation is 1. The molecule has 1 N–H and O–H groups in total. The highest BCUT2D eigenvalue weighted by molar-refractivity contribution is 6.33. The van der Waals surface area contributed by atoms with E-state index < -0.39 is 18.5 Å². The molecule has 0 heterocycles. The number of carbonyl (C=O) groups is 2. The van der Waals surface area contributed by atoms with Gasteiger partial charge in [0.05, 0.1) is 15.7 Å². The molecular formula is C17H15Cl2NO4. The lowest BCUT2D eigenvalue weighted by molar-refractivity contribution is -0.149. The van der Waals surface area contributed by atoms with Gasteiger partial charge in [-0.15, -0.1) is 0 Å². The fraction of sp³-hybridized carbons (Fsp3) is 0.176. The van der Waals surface area contributed by atoms with Gasteiger partial charge in [0.2, 0.25) is 0 Å². The summed E-state index contributed by atoms with van der Waals surface area (Å²) in [6.07, 6.45) is 0. The number of ether oxygens (including phenoxy) is 2. The quantitative estimate of drug-likeness (QED) is 0.787. The zero-order chi connectivity index (χ0) is 17.5. The number of benzene rings is 2. The second kappa shape index (κ2) is 8.57. The first-order valence-electron chi connectivity index (χ1n) is 7.04. The van der Waals surface area contributed by atoms with Gasteiger partial charge in [0.25, 0.3) is 5.91 Å². The molecule has 126 valence electrons. The van der Waals surface area contributed by atoms with Crippen LogP contribution >= 0.6 is 23.2 Å². The number of amides is 1. The van der Waals surface area contributed by atoms with Crippen molar-refractivity contribution in [3.63, 3.8) is 0 Å². The van der Waals surface area contributed by atoms with Gasteiger partial charge in [0.15, 0.2) is 13.2 Å². The van der Waals surface area contributed by atoms with Crippen LogP contribution in [0.2, 0.25) is 10.0 Å². The summed E-state index contributed by atoms with van der Waals surface area (Å²) < 4.78 is 10.1. The Kier molecular flexibility index (Phi) is 6.46. The number of carbonyl (C=O) groups excluding carboxylic acids is 2. The summed E-state index contributed by atoms with van der Waals surface area (Å²) in [6, 6.07) is 12.0. The molecule has 5 nitrogen and oxygen atoms in total. The predicted molar refractivity (Wildman–Crippen MR) is 92.7 cm³/mol. The van der Waals surface area contributed by atoms with E-state index in [2.05, 4.69) is 5.32 Å². The third-order valence-corrected chi connectivity index (χ3v) is 3.59. The lowest BCUT2D eigenvalue weighted by Crippen LogP contribution is -2.23. The Labute approximate surface area is 149 Å². The molecule has 0 aliphatic rings. The Morgan fingerprint density at radius 3 is 2.54 bits per heavy atom. The van der Waals surface area contributed by atoms with Gasteiger partial charge < -0.3 is 14.8 Å². The van der Waals surface area contributed by atoms with Gasteiger partial charge in [0, 0.05) is 0 Å². The molecule has 0 spiro atoms. The van der Waals surface area contributed by atoms with Crippen molar-refractivity contribution in [1.82, 2.24) is 0 Å². The van der Waals surface area contributed by atoms with Crippen LogP contribution in [0.4, 0.5) is 5.69 Å². The standard InChI is InChI=1S/C17H15Cl2NO4/c1-11-6-7-13(19)15(8-11)23-10-17(22)24-9-16(21)20-14-5-3-2-4-12(14)18/h2-8H,9-10H2,1H3,(H,20,21). The third kappa shape index (κ3) is 5.44. The number of esters is 1. The van der Waals surface area contributed by atoms with Crippen molar-refractivity contribution in [1.29, 1.82) is 0 Å². The molecule has 0 aliphatic carbocycles. The van der Waals surface area contributed by atoms with E-state index in [4.69, 9.17) is 32.7 Å². The Bertz CT molecular complexity index is 749. The number of hydrogen-bond acceptors (Lipinski definition) is 4. The number of hydrogen-bond donors (Lipinski definition) is 1. The lowest BCUT2D eigenvalue weighted by Gasteiger charge is -2.10. The van der Waals surface area contributed by atoms with Crippen LogP contribution < -0.4 is 10.1 Å². The maximum absolute atomic E-state index is 11.7. The van der Waals surface area contributed by atoms with Crippen molar-refractivity contribution in [3.8, 4) is 5.75 Å². The molecule has 0 bridgehead atoms. The van der Waals surface area contributed by atoms with E-state index in [-0.39, 0.29) is 6.61 Å². The molecule has 0 aliphatic heterocycles. The highest BCUT2D eigenvalue weighted by Crippen LogP contribution is 2.25. The molecular weight excluding hydrogens is 353 g/mol. The van der Waals surface area contributed by atoms with E-state index in [1.807, 2.05) is 13.0 Å². The first-order chi connectivity index (χ1) is 11.5. The van der Waals surface area contributed by atoms with E-state index in [0.717, 1.165) is 5.56 Å². The van der Waals surface area contributed by atoms with Crippen molar-refractivity contribution in [2.75, 3.05) is 18.5 Å². The molecule has 0 saturated heterocycles. The fourth-order valence-corrected chi connectivity index (χ4v) is 2.15. The Morgan fingerprint density at radius 2 is 1.79 bits per heavy atom. The Hall–Kier alpha value is -2.24. The number of para-hydroxylation sites is 1. The first kappa shape index (κ1) is 18.1. The van der Waals surface area contributed by atoms with E-state index in [1.54, 1.807) is 36.4 Å². The lowest BCUT2D eigenvalue weighted by atomic mass is 10.2. The number of halogens is 2. The van der Waals surface area contributed by atoms with Gasteiger partial charge in [0.1, 0.15) is 5.75 Å². The summed E-state index contributed by atoms with van der Waals surface area (Å²) >= 11 is 11.9. The average Bonchev–Trinajstić information content (AvgIpc) is 2.56. The normalized spacial score (nSPS) is 10.1. The van der Waals surface area contributed by atoms with Gasteiger partial charge in [-0.2, -0.15) is 0 Å². The Balaban J connectivity index is 1.77. The largest absolute Gasteiger partial charge is 0.480 e. The SMILES string of the molecule is Cc1ccc(Cl)c(OCC(=O)OCC(=O)Nc2ccccc2Cl)c1.